The van der Waals surface area contributed by atoms with Crippen molar-refractivity contribution in [2.24, 2.45) is 0 Å². The Morgan fingerprint density at radius 3 is 2.00 bits per heavy atom. The van der Waals surface area contributed by atoms with Crippen molar-refractivity contribution in [3.8, 4) is 0 Å². The first-order valence-electron chi connectivity index (χ1n) is 2.06. The van der Waals surface area contributed by atoms with Crippen LogP contribution in [0.1, 0.15) is 13.8 Å². The van der Waals surface area contributed by atoms with Gasteiger partial charge in [-0.15, -0.1) is 0 Å². The predicted octanol–water partition coefficient (Wildman–Crippen LogP) is 0.813. The van der Waals surface area contributed by atoms with Crippen molar-refractivity contribution in [1.82, 2.24) is 0 Å². The number of hydrogen-bond donors (Lipinski definition) is 0. The van der Waals surface area contributed by atoms with Gasteiger partial charge in [-0.3, -0.25) is 0 Å². The molecule has 0 saturated heterocycles. The summed E-state index contributed by atoms with van der Waals surface area (Å²) in [5.74, 6) is 0. The van der Waals surface area contributed by atoms with E-state index in [-0.39, 0.29) is 16.1 Å². The Morgan fingerprint density at radius 1 is 1.50 bits per heavy atom. The SMILES string of the molecule is CO[AsH]C(C)C. The summed E-state index contributed by atoms with van der Waals surface area (Å²) in [6.07, 6.45) is 0. The molecule has 0 aromatic heterocycles. The zero-order valence-electron chi connectivity index (χ0n) is 4.49. The average molecular weight is 150 g/mol. The van der Waals surface area contributed by atoms with Gasteiger partial charge in [-0.05, 0) is 0 Å². The zero-order chi connectivity index (χ0) is 4.99. The summed E-state index contributed by atoms with van der Waals surface area (Å²) in [5.41, 5.74) is 0. The zero-order valence-corrected chi connectivity index (χ0v) is 6.58. The molecule has 0 aliphatic rings. The van der Waals surface area contributed by atoms with Gasteiger partial charge in [0.05, 0.1) is 0 Å². The second-order valence-electron chi connectivity index (χ2n) is 1.48. The third kappa shape index (κ3) is 4.52. The molecule has 0 spiro atoms. The van der Waals surface area contributed by atoms with Crippen molar-refractivity contribution in [2.75, 3.05) is 7.11 Å². The van der Waals surface area contributed by atoms with Crippen LogP contribution < -0.4 is 0 Å². The molecule has 0 amide bonds. The predicted molar refractivity (Wildman–Crippen MR) is 29.3 cm³/mol. The van der Waals surface area contributed by atoms with E-state index in [0.29, 0.717) is 0 Å². The van der Waals surface area contributed by atoms with E-state index >= 15 is 0 Å². The van der Waals surface area contributed by atoms with Crippen LogP contribution in [0.2, 0.25) is 4.71 Å². The van der Waals surface area contributed by atoms with Crippen LogP contribution in [-0.2, 0) is 3.73 Å². The van der Waals surface area contributed by atoms with Crippen molar-refractivity contribution < 1.29 is 3.73 Å². The van der Waals surface area contributed by atoms with Gasteiger partial charge in [-0.2, -0.15) is 0 Å². The second kappa shape index (κ2) is 3.70. The fourth-order valence-electron chi connectivity index (χ4n) is 0.236. The summed E-state index contributed by atoms with van der Waals surface area (Å²) in [6, 6.07) is 0. The topological polar surface area (TPSA) is 9.23 Å². The van der Waals surface area contributed by atoms with Crippen LogP contribution in [0.25, 0.3) is 0 Å². The maximum atomic E-state index is 4.93. The third-order valence-corrected chi connectivity index (χ3v) is 1.84. The van der Waals surface area contributed by atoms with Crippen molar-refractivity contribution in [3.05, 3.63) is 0 Å². The molecule has 38 valence electrons. The Bertz CT molecular complexity index is 28.7. The molecule has 0 rings (SSSR count). The second-order valence-corrected chi connectivity index (χ2v) is 5.25. The Morgan fingerprint density at radius 2 is 2.00 bits per heavy atom. The summed E-state index contributed by atoms with van der Waals surface area (Å²) in [6.45, 7) is 4.37. The first kappa shape index (κ1) is 6.52. The van der Waals surface area contributed by atoms with E-state index in [4.69, 9.17) is 3.73 Å². The molecule has 0 N–H and O–H groups in total. The van der Waals surface area contributed by atoms with Crippen LogP contribution in [0.4, 0.5) is 0 Å². The molecular weight excluding hydrogens is 139 g/mol. The molecule has 0 fully saturated rings. The monoisotopic (exact) mass is 150 g/mol. The normalized spacial score (nSPS) is 12.0. The van der Waals surface area contributed by atoms with Gasteiger partial charge in [0.1, 0.15) is 0 Å². The molecule has 0 radical (unpaired) electrons. The average Bonchev–Trinajstić information content (AvgIpc) is 1.35. The van der Waals surface area contributed by atoms with E-state index < -0.39 is 0 Å². The third-order valence-electron chi connectivity index (χ3n) is 0.354. The Balaban J connectivity index is 2.63. The van der Waals surface area contributed by atoms with Gasteiger partial charge in [-0.1, -0.05) is 0 Å². The van der Waals surface area contributed by atoms with Crippen molar-refractivity contribution >= 4 is 16.1 Å². The molecule has 0 aromatic carbocycles. The van der Waals surface area contributed by atoms with Crippen LogP contribution in [0, 0.1) is 0 Å². The molecule has 0 aromatic rings. The number of rotatable bonds is 2. The fourth-order valence-corrected chi connectivity index (χ4v) is 1.22. The van der Waals surface area contributed by atoms with Crippen molar-refractivity contribution in [2.45, 2.75) is 18.6 Å². The minimum absolute atomic E-state index is 0.0417. The van der Waals surface area contributed by atoms with Gasteiger partial charge in [-0.25, -0.2) is 0 Å². The molecule has 1 unspecified atom stereocenters. The molecular formula is C4H11AsO. The first-order valence-corrected chi connectivity index (χ1v) is 4.12. The van der Waals surface area contributed by atoms with E-state index in [1.54, 1.807) is 7.11 Å². The molecule has 0 heterocycles. The Kier molecular flexibility index (Phi) is 4.02. The standard InChI is InChI=1S/C4H11AsO/c1-4(2)5-6-3/h4-5H,1-3H3. The van der Waals surface area contributed by atoms with Gasteiger partial charge in [0, 0.05) is 0 Å². The van der Waals surface area contributed by atoms with Crippen LogP contribution in [0.15, 0.2) is 0 Å². The van der Waals surface area contributed by atoms with Crippen molar-refractivity contribution in [3.63, 3.8) is 0 Å². The summed E-state index contributed by atoms with van der Waals surface area (Å²) in [5, 5.41) is 0. The molecule has 0 saturated carbocycles. The molecule has 0 aliphatic carbocycles. The molecule has 2 heteroatoms. The van der Waals surface area contributed by atoms with E-state index in [1.165, 1.54) is 0 Å². The van der Waals surface area contributed by atoms with E-state index in [2.05, 4.69) is 13.8 Å². The number of hydrogen-bond acceptors (Lipinski definition) is 1. The molecule has 0 aliphatic heterocycles. The minimum atomic E-state index is -0.0417. The fraction of sp³-hybridized carbons (Fsp3) is 1.00. The Labute approximate surface area is 46.1 Å². The van der Waals surface area contributed by atoms with Crippen LogP contribution >= 0.6 is 0 Å². The Hall–Kier alpha value is 0.518. The van der Waals surface area contributed by atoms with Gasteiger partial charge in [0.15, 0.2) is 0 Å². The summed E-state index contributed by atoms with van der Waals surface area (Å²) in [4.78, 5) is 0. The van der Waals surface area contributed by atoms with Crippen LogP contribution in [0.3, 0.4) is 0 Å². The maximum absolute atomic E-state index is 4.93. The van der Waals surface area contributed by atoms with Crippen LogP contribution in [-0.4, -0.2) is 23.2 Å². The van der Waals surface area contributed by atoms with Crippen LogP contribution in [0.5, 0.6) is 0 Å². The van der Waals surface area contributed by atoms with E-state index in [1.807, 2.05) is 0 Å². The van der Waals surface area contributed by atoms with E-state index in [0.717, 1.165) is 4.71 Å². The molecule has 1 atom stereocenters. The summed E-state index contributed by atoms with van der Waals surface area (Å²) < 4.78 is 5.73. The molecule has 0 bridgehead atoms. The summed E-state index contributed by atoms with van der Waals surface area (Å²) in [7, 11) is 1.78. The quantitative estimate of drug-likeness (QED) is 0.529. The van der Waals surface area contributed by atoms with Gasteiger partial charge < -0.3 is 0 Å². The van der Waals surface area contributed by atoms with Gasteiger partial charge in [0.25, 0.3) is 0 Å². The van der Waals surface area contributed by atoms with Gasteiger partial charge in [0.2, 0.25) is 0 Å². The van der Waals surface area contributed by atoms with Crippen molar-refractivity contribution in [1.29, 1.82) is 0 Å². The molecule has 1 nitrogen and oxygen atoms in total. The first-order chi connectivity index (χ1) is 2.77. The van der Waals surface area contributed by atoms with E-state index in [9.17, 15) is 0 Å². The molecule has 6 heavy (non-hydrogen) atoms. The van der Waals surface area contributed by atoms with Gasteiger partial charge >= 0.3 is 45.5 Å². The summed E-state index contributed by atoms with van der Waals surface area (Å²) >= 11 is -0.0417.